The maximum atomic E-state index is 15.4. The van der Waals surface area contributed by atoms with E-state index in [9.17, 15) is 13.6 Å². The standard InChI is InChI=1S/C24H25F3N6O3S/c1-12-7-14(32-20(34)16-9-31-17(10-30-16)36-11-18-29-5-6-35-18)8-15(19(12)25)23(3)13(2)24(4,21(26)27)37-22(28)33-23/h5-10,13,21H,11H2,1-4H3,(H2,28,33)(H,32,34)/t13-,23-,24-/m0/s1. The monoisotopic (exact) mass is 534 g/mol. The third-order valence-corrected chi connectivity index (χ3v) is 7.82. The van der Waals surface area contributed by atoms with Crippen LogP contribution in [0.15, 0.2) is 46.4 Å². The molecule has 0 spiro atoms. The molecule has 196 valence electrons. The van der Waals surface area contributed by atoms with E-state index in [-0.39, 0.29) is 40.2 Å². The number of hydrogen-bond acceptors (Lipinski definition) is 9. The van der Waals surface area contributed by atoms with Crippen LogP contribution in [-0.4, -0.2) is 37.2 Å². The fourth-order valence-electron chi connectivity index (χ4n) is 4.12. The number of aryl methyl sites for hydroxylation is 1. The molecule has 0 radical (unpaired) electrons. The molecule has 0 fully saturated rings. The number of carbonyl (C=O) groups excluding carboxylic acids is 1. The number of halogens is 3. The minimum absolute atomic E-state index is 0.0202. The van der Waals surface area contributed by atoms with Crippen LogP contribution in [0.25, 0.3) is 0 Å². The lowest BCUT2D eigenvalue weighted by Crippen LogP contribution is -2.52. The Balaban J connectivity index is 1.57. The van der Waals surface area contributed by atoms with Gasteiger partial charge >= 0.3 is 0 Å². The Morgan fingerprint density at radius 2 is 2.03 bits per heavy atom. The molecule has 0 saturated heterocycles. The molecule has 1 amide bonds. The van der Waals surface area contributed by atoms with Crippen molar-refractivity contribution in [1.29, 1.82) is 0 Å². The van der Waals surface area contributed by atoms with E-state index in [4.69, 9.17) is 14.9 Å². The van der Waals surface area contributed by atoms with Crippen molar-refractivity contribution in [2.75, 3.05) is 5.32 Å². The Labute approximate surface area is 215 Å². The highest BCUT2D eigenvalue weighted by molar-refractivity contribution is 8.15. The van der Waals surface area contributed by atoms with Gasteiger partial charge in [0, 0.05) is 17.2 Å². The number of amidine groups is 1. The van der Waals surface area contributed by atoms with Gasteiger partial charge in [-0.2, -0.15) is 0 Å². The number of alkyl halides is 2. The number of oxazole rings is 1. The number of benzene rings is 1. The number of nitrogens with two attached hydrogens (primary N) is 1. The number of aliphatic imine (C=N–C) groups is 1. The highest BCUT2D eigenvalue weighted by atomic mass is 32.2. The summed E-state index contributed by atoms with van der Waals surface area (Å²) in [7, 11) is 0. The predicted molar refractivity (Wildman–Crippen MR) is 132 cm³/mol. The third kappa shape index (κ3) is 5.13. The van der Waals surface area contributed by atoms with Gasteiger partial charge in [-0.3, -0.25) is 9.79 Å². The average Bonchev–Trinajstić information content (AvgIpc) is 3.37. The van der Waals surface area contributed by atoms with Crippen molar-refractivity contribution >= 4 is 28.5 Å². The molecule has 37 heavy (non-hydrogen) atoms. The highest BCUT2D eigenvalue weighted by Crippen LogP contribution is 2.53. The van der Waals surface area contributed by atoms with Gasteiger partial charge in [0.2, 0.25) is 11.8 Å². The molecule has 3 aromatic rings. The van der Waals surface area contributed by atoms with Crippen LogP contribution in [0.2, 0.25) is 0 Å². The number of hydrogen-bond donors (Lipinski definition) is 2. The van der Waals surface area contributed by atoms with E-state index >= 15 is 4.39 Å². The fraction of sp³-hybridized carbons (Fsp3) is 0.375. The zero-order valence-electron chi connectivity index (χ0n) is 20.5. The van der Waals surface area contributed by atoms with Gasteiger partial charge in [-0.25, -0.2) is 28.1 Å². The van der Waals surface area contributed by atoms with Gasteiger partial charge in [0.1, 0.15) is 17.8 Å². The van der Waals surface area contributed by atoms with Crippen LogP contribution in [0.1, 0.15) is 48.3 Å². The van der Waals surface area contributed by atoms with E-state index < -0.39 is 34.4 Å². The van der Waals surface area contributed by atoms with E-state index in [2.05, 4.69) is 25.3 Å². The Bertz CT molecular complexity index is 1320. The van der Waals surface area contributed by atoms with E-state index in [1.807, 2.05) is 0 Å². The quantitative estimate of drug-likeness (QED) is 0.447. The molecule has 1 aromatic carbocycles. The van der Waals surface area contributed by atoms with Crippen molar-refractivity contribution in [2.45, 2.75) is 51.0 Å². The topological polar surface area (TPSA) is 129 Å². The summed E-state index contributed by atoms with van der Waals surface area (Å²) < 4.78 is 52.3. The minimum atomic E-state index is -2.73. The van der Waals surface area contributed by atoms with Crippen LogP contribution in [0.3, 0.4) is 0 Å². The number of nitrogens with zero attached hydrogens (tertiary/aromatic N) is 4. The largest absolute Gasteiger partial charge is 0.467 e. The third-order valence-electron chi connectivity index (χ3n) is 6.55. The van der Waals surface area contributed by atoms with Crippen LogP contribution in [0.5, 0.6) is 5.88 Å². The first kappa shape index (κ1) is 26.5. The van der Waals surface area contributed by atoms with Crippen LogP contribution < -0.4 is 15.8 Å². The van der Waals surface area contributed by atoms with Crippen LogP contribution in [0, 0.1) is 18.7 Å². The molecule has 1 aliphatic heterocycles. The minimum Gasteiger partial charge on any atom is -0.467 e. The SMILES string of the molecule is Cc1cc(NC(=O)c2cnc(OCc3ncco3)cn2)cc([C@@]2(C)N=C(N)S[C@](C)(C(F)F)[C@H]2C)c1F. The van der Waals surface area contributed by atoms with E-state index in [1.54, 1.807) is 13.8 Å². The van der Waals surface area contributed by atoms with Gasteiger partial charge in [0.15, 0.2) is 11.8 Å². The molecule has 0 aliphatic carbocycles. The first-order valence-electron chi connectivity index (χ1n) is 11.2. The predicted octanol–water partition coefficient (Wildman–Crippen LogP) is 4.68. The van der Waals surface area contributed by atoms with Gasteiger partial charge in [-0.15, -0.1) is 0 Å². The molecule has 3 atom stereocenters. The summed E-state index contributed by atoms with van der Waals surface area (Å²) in [6, 6.07) is 2.82. The molecule has 3 heterocycles. The molecular weight excluding hydrogens is 509 g/mol. The van der Waals surface area contributed by atoms with Crippen molar-refractivity contribution in [3.63, 3.8) is 0 Å². The first-order chi connectivity index (χ1) is 17.4. The van der Waals surface area contributed by atoms with Crippen molar-refractivity contribution in [1.82, 2.24) is 15.0 Å². The van der Waals surface area contributed by atoms with Gasteiger partial charge < -0.3 is 20.2 Å². The molecule has 9 nitrogen and oxygen atoms in total. The second-order valence-electron chi connectivity index (χ2n) is 8.97. The summed E-state index contributed by atoms with van der Waals surface area (Å²) in [4.78, 5) is 29.2. The Morgan fingerprint density at radius 1 is 1.27 bits per heavy atom. The number of rotatable bonds is 7. The number of thioether (sulfide) groups is 1. The van der Waals surface area contributed by atoms with Crippen molar-refractivity contribution in [3.05, 3.63) is 65.5 Å². The lowest BCUT2D eigenvalue weighted by molar-refractivity contribution is 0.0572. The molecule has 3 N–H and O–H groups in total. The number of ether oxygens (including phenoxy) is 1. The maximum absolute atomic E-state index is 15.4. The molecule has 13 heteroatoms. The molecule has 1 aliphatic rings. The zero-order chi connectivity index (χ0) is 27.0. The summed E-state index contributed by atoms with van der Waals surface area (Å²) in [5, 5.41) is 2.60. The number of anilines is 1. The summed E-state index contributed by atoms with van der Waals surface area (Å²) in [5.74, 6) is -1.51. The second-order valence-corrected chi connectivity index (χ2v) is 10.5. The van der Waals surface area contributed by atoms with Crippen molar-refractivity contribution < 1.29 is 27.1 Å². The lowest BCUT2D eigenvalue weighted by atomic mass is 9.73. The van der Waals surface area contributed by atoms with Gasteiger partial charge in [0.05, 0.1) is 28.9 Å². The Morgan fingerprint density at radius 3 is 2.65 bits per heavy atom. The zero-order valence-corrected chi connectivity index (χ0v) is 21.3. The van der Waals surface area contributed by atoms with Crippen LogP contribution in [-0.2, 0) is 12.1 Å². The summed E-state index contributed by atoms with van der Waals surface area (Å²) >= 11 is 0.779. The summed E-state index contributed by atoms with van der Waals surface area (Å²) in [5.41, 5.74) is 4.99. The number of amides is 1. The van der Waals surface area contributed by atoms with Crippen LogP contribution in [0.4, 0.5) is 18.9 Å². The fourth-order valence-corrected chi connectivity index (χ4v) is 5.30. The highest BCUT2D eigenvalue weighted by Gasteiger charge is 2.54. The van der Waals surface area contributed by atoms with E-state index in [0.29, 0.717) is 5.89 Å². The molecule has 0 bridgehead atoms. The normalized spacial score (nSPS) is 23.6. The Hall–Kier alpha value is -3.61. The number of nitrogens with one attached hydrogen (secondary N) is 1. The van der Waals surface area contributed by atoms with Gasteiger partial charge in [0.25, 0.3) is 12.3 Å². The molecule has 0 unspecified atom stereocenters. The van der Waals surface area contributed by atoms with E-state index in [1.165, 1.54) is 50.8 Å². The molecular formula is C24H25F3N6O3S. The first-order valence-corrected chi connectivity index (χ1v) is 12.0. The Kier molecular flexibility index (Phi) is 7.18. The maximum Gasteiger partial charge on any atom is 0.275 e. The number of aromatic nitrogens is 3. The van der Waals surface area contributed by atoms with Gasteiger partial charge in [-0.1, -0.05) is 18.7 Å². The average molecular weight is 535 g/mol. The van der Waals surface area contributed by atoms with Crippen LogP contribution >= 0.6 is 11.8 Å². The second kappa shape index (κ2) is 10.0. The van der Waals surface area contributed by atoms with Crippen molar-refractivity contribution in [3.8, 4) is 5.88 Å². The summed E-state index contributed by atoms with van der Waals surface area (Å²) in [6.07, 6.45) is 2.65. The smallest absolute Gasteiger partial charge is 0.275 e. The summed E-state index contributed by atoms with van der Waals surface area (Å²) in [6.45, 7) is 6.10. The number of carbonyl (C=O) groups is 1. The lowest BCUT2D eigenvalue weighted by Gasteiger charge is -2.47. The van der Waals surface area contributed by atoms with Crippen molar-refractivity contribution in [2.24, 2.45) is 16.6 Å². The molecule has 4 rings (SSSR count). The molecule has 0 saturated carbocycles. The van der Waals surface area contributed by atoms with Gasteiger partial charge in [-0.05, 0) is 38.5 Å². The molecule has 2 aromatic heterocycles. The van der Waals surface area contributed by atoms with E-state index in [0.717, 1.165) is 11.8 Å².